The summed E-state index contributed by atoms with van der Waals surface area (Å²) in [6, 6.07) is 93.9. The van der Waals surface area contributed by atoms with Gasteiger partial charge in [-0.1, -0.05) is 163 Å². The molecule has 0 bridgehead atoms. The van der Waals surface area contributed by atoms with Gasteiger partial charge >= 0.3 is 0 Å². The summed E-state index contributed by atoms with van der Waals surface area (Å²) < 4.78 is 9.82. The normalized spacial score (nSPS) is 12.0. The summed E-state index contributed by atoms with van der Waals surface area (Å²) in [5.74, 6) is 0. The van der Waals surface area contributed by atoms with Crippen LogP contribution in [0.4, 0.5) is 17.1 Å². The molecule has 5 nitrogen and oxygen atoms in total. The number of nitrogens with zero attached hydrogens (tertiary/aromatic N) is 5. The van der Waals surface area contributed by atoms with Crippen molar-refractivity contribution in [3.8, 4) is 22.7 Å². The van der Waals surface area contributed by atoms with E-state index in [0.717, 1.165) is 83.9 Å². The van der Waals surface area contributed by atoms with Crippen LogP contribution in [0.15, 0.2) is 255 Å². The Morgan fingerprint density at radius 3 is 0.653 bits per heavy atom. The van der Waals surface area contributed by atoms with E-state index < -0.39 is 0 Å². The van der Waals surface area contributed by atoms with Crippen LogP contribution in [-0.4, -0.2) is 18.3 Å². The average molecular weight is 920 g/mol. The number of aromatic nitrogens is 4. The standard InChI is InChI=1S/C67H45N5/c1-44-34-36-45(37-35-44)68(46-38-48(69-60-26-10-2-18-52(60)53-19-3-11-27-61(53)69)42-49(39-46)70-62-28-12-4-20-54(62)55-21-5-13-29-63(55)70)47-40-50(71-64-30-14-6-22-56(64)57-23-7-15-31-65(57)71)43-51(41-47)72-66-32-16-8-24-58(66)59-25-9-17-33-67(59)72/h2-43H,1H3. The fourth-order valence-corrected chi connectivity index (χ4v) is 11.9. The number of anilines is 3. The Morgan fingerprint density at radius 1 is 0.222 bits per heavy atom. The molecule has 15 aromatic rings. The van der Waals surface area contributed by atoms with E-state index in [1.54, 1.807) is 0 Å². The van der Waals surface area contributed by atoms with Gasteiger partial charge in [0.25, 0.3) is 0 Å². The maximum Gasteiger partial charge on any atom is 0.0541 e. The van der Waals surface area contributed by atoms with Crippen LogP contribution in [0, 0.1) is 6.92 Å². The number of rotatable bonds is 7. The molecule has 5 heteroatoms. The Kier molecular flexibility index (Phi) is 8.80. The zero-order valence-corrected chi connectivity index (χ0v) is 39.5. The summed E-state index contributed by atoms with van der Waals surface area (Å²) in [5.41, 5.74) is 17.9. The van der Waals surface area contributed by atoms with Crippen LogP contribution in [0.2, 0.25) is 0 Å². The summed E-state index contributed by atoms with van der Waals surface area (Å²) in [7, 11) is 0. The predicted molar refractivity (Wildman–Crippen MR) is 303 cm³/mol. The topological polar surface area (TPSA) is 23.0 Å². The second kappa shape index (κ2) is 15.7. The van der Waals surface area contributed by atoms with Crippen LogP contribution >= 0.6 is 0 Å². The van der Waals surface area contributed by atoms with Gasteiger partial charge in [0.1, 0.15) is 0 Å². The fourth-order valence-electron chi connectivity index (χ4n) is 11.9. The summed E-state index contributed by atoms with van der Waals surface area (Å²) >= 11 is 0. The van der Waals surface area contributed by atoms with E-state index in [2.05, 4.69) is 285 Å². The van der Waals surface area contributed by atoms with Gasteiger partial charge in [-0.05, 0) is 104 Å². The highest BCUT2D eigenvalue weighted by atomic mass is 15.2. The van der Waals surface area contributed by atoms with Crippen LogP contribution in [0.5, 0.6) is 0 Å². The summed E-state index contributed by atoms with van der Waals surface area (Å²) in [5, 5.41) is 9.79. The van der Waals surface area contributed by atoms with E-state index in [0.29, 0.717) is 0 Å². The van der Waals surface area contributed by atoms with E-state index in [9.17, 15) is 0 Å². The number of fused-ring (bicyclic) bond motifs is 12. The van der Waals surface area contributed by atoms with E-state index in [-0.39, 0.29) is 0 Å². The molecule has 11 aromatic carbocycles. The lowest BCUT2D eigenvalue weighted by atomic mass is 10.1. The predicted octanol–water partition coefficient (Wildman–Crippen LogP) is 17.9. The molecule has 4 heterocycles. The minimum atomic E-state index is 1.03. The molecule has 15 rings (SSSR count). The van der Waals surface area contributed by atoms with Crippen molar-refractivity contribution < 1.29 is 0 Å². The van der Waals surface area contributed by atoms with Gasteiger partial charge < -0.3 is 23.2 Å². The molecule has 0 unspecified atom stereocenters. The molecule has 0 aliphatic rings. The van der Waals surface area contributed by atoms with Crippen molar-refractivity contribution in [3.05, 3.63) is 260 Å². The van der Waals surface area contributed by atoms with Gasteiger partial charge in [-0.25, -0.2) is 0 Å². The summed E-state index contributed by atoms with van der Waals surface area (Å²) in [4.78, 5) is 2.48. The monoisotopic (exact) mass is 919 g/mol. The lowest BCUT2D eigenvalue weighted by Gasteiger charge is -2.29. The largest absolute Gasteiger partial charge is 0.310 e. The van der Waals surface area contributed by atoms with Crippen molar-refractivity contribution in [2.75, 3.05) is 4.90 Å². The molecule has 4 aromatic heterocycles. The number of hydrogen-bond donors (Lipinski definition) is 0. The molecule has 0 saturated heterocycles. The molecule has 0 N–H and O–H groups in total. The van der Waals surface area contributed by atoms with Crippen LogP contribution in [0.25, 0.3) is 110 Å². The number of hydrogen-bond acceptors (Lipinski definition) is 1. The van der Waals surface area contributed by atoms with Crippen molar-refractivity contribution in [2.24, 2.45) is 0 Å². The van der Waals surface area contributed by atoms with Gasteiger partial charge in [0.15, 0.2) is 0 Å². The SMILES string of the molecule is Cc1ccc(N(c2cc(-n3c4ccccc4c4ccccc43)cc(-n3c4ccccc4c4ccccc43)c2)c2cc(-n3c4ccccc4c4ccccc43)cc(-n3c4ccccc4c4ccccc43)c2)cc1. The summed E-state index contributed by atoms with van der Waals surface area (Å²) in [6.07, 6.45) is 0. The first kappa shape index (κ1) is 40.3. The second-order valence-corrected chi connectivity index (χ2v) is 19.1. The smallest absolute Gasteiger partial charge is 0.0541 e. The molecule has 0 spiro atoms. The van der Waals surface area contributed by atoms with Gasteiger partial charge in [0.05, 0.1) is 78.3 Å². The number of para-hydroxylation sites is 8. The molecule has 338 valence electrons. The Morgan fingerprint density at radius 2 is 0.431 bits per heavy atom. The minimum absolute atomic E-state index is 1.03. The van der Waals surface area contributed by atoms with Crippen LogP contribution in [0.1, 0.15) is 5.56 Å². The number of benzene rings is 11. The third-order valence-electron chi connectivity index (χ3n) is 14.9. The Hall–Kier alpha value is -9.58. The van der Waals surface area contributed by atoms with E-state index in [1.165, 1.54) is 48.7 Å². The summed E-state index contributed by atoms with van der Waals surface area (Å²) in [6.45, 7) is 2.17. The lowest BCUT2D eigenvalue weighted by Crippen LogP contribution is -2.13. The molecular formula is C67H45N5. The number of aryl methyl sites for hydroxylation is 1. The van der Waals surface area contributed by atoms with Gasteiger partial charge in [-0.3, -0.25) is 0 Å². The van der Waals surface area contributed by atoms with E-state index >= 15 is 0 Å². The van der Waals surface area contributed by atoms with Crippen LogP contribution in [0.3, 0.4) is 0 Å². The fraction of sp³-hybridized carbons (Fsp3) is 0.0149. The maximum absolute atomic E-state index is 2.48. The molecule has 0 aliphatic carbocycles. The maximum atomic E-state index is 2.48. The molecule has 0 radical (unpaired) electrons. The molecule has 0 fully saturated rings. The molecular weight excluding hydrogens is 875 g/mol. The van der Waals surface area contributed by atoms with Crippen molar-refractivity contribution in [1.82, 2.24) is 18.3 Å². The van der Waals surface area contributed by atoms with E-state index in [4.69, 9.17) is 0 Å². The molecule has 72 heavy (non-hydrogen) atoms. The zero-order chi connectivity index (χ0) is 47.4. The van der Waals surface area contributed by atoms with E-state index in [1.807, 2.05) is 0 Å². The highest BCUT2D eigenvalue weighted by Gasteiger charge is 2.24. The average Bonchev–Trinajstić information content (AvgIpc) is 4.17. The van der Waals surface area contributed by atoms with Crippen LogP contribution in [-0.2, 0) is 0 Å². The van der Waals surface area contributed by atoms with Gasteiger partial charge in [-0.15, -0.1) is 0 Å². The molecule has 0 amide bonds. The zero-order valence-electron chi connectivity index (χ0n) is 39.5. The van der Waals surface area contributed by atoms with Gasteiger partial charge in [-0.2, -0.15) is 0 Å². The first-order chi connectivity index (χ1) is 35.6. The van der Waals surface area contributed by atoms with Crippen LogP contribution < -0.4 is 4.90 Å². The van der Waals surface area contributed by atoms with Crippen molar-refractivity contribution in [2.45, 2.75) is 6.92 Å². The Labute approximate surface area is 415 Å². The van der Waals surface area contributed by atoms with Crippen molar-refractivity contribution in [3.63, 3.8) is 0 Å². The Balaban J connectivity index is 1.09. The van der Waals surface area contributed by atoms with Crippen molar-refractivity contribution >= 4 is 104 Å². The van der Waals surface area contributed by atoms with Gasteiger partial charge in [0, 0.05) is 48.8 Å². The second-order valence-electron chi connectivity index (χ2n) is 19.1. The molecule has 0 saturated carbocycles. The third-order valence-corrected chi connectivity index (χ3v) is 14.9. The Bertz CT molecular complexity index is 3900. The minimum Gasteiger partial charge on any atom is -0.310 e. The van der Waals surface area contributed by atoms with Gasteiger partial charge in [0.2, 0.25) is 0 Å². The third kappa shape index (κ3) is 6.01. The highest BCUT2D eigenvalue weighted by Crippen LogP contribution is 2.44. The molecule has 0 aliphatic heterocycles. The molecule has 0 atom stereocenters. The van der Waals surface area contributed by atoms with Crippen molar-refractivity contribution in [1.29, 1.82) is 0 Å². The first-order valence-corrected chi connectivity index (χ1v) is 24.8. The quantitative estimate of drug-likeness (QED) is 0.156. The highest BCUT2D eigenvalue weighted by molar-refractivity contribution is 6.13. The lowest BCUT2D eigenvalue weighted by molar-refractivity contribution is 1.11. The first-order valence-electron chi connectivity index (χ1n) is 24.8.